The van der Waals surface area contributed by atoms with Gasteiger partial charge in [0.05, 0.1) is 0 Å². The van der Waals surface area contributed by atoms with Gasteiger partial charge >= 0.3 is 0 Å². The Morgan fingerprint density at radius 3 is 2.50 bits per heavy atom. The van der Waals surface area contributed by atoms with Gasteiger partial charge in [-0.05, 0) is 57.7 Å². The van der Waals surface area contributed by atoms with Gasteiger partial charge < -0.3 is 10.6 Å². The predicted octanol–water partition coefficient (Wildman–Crippen LogP) is 2.70. The van der Waals surface area contributed by atoms with Crippen molar-refractivity contribution in [3.05, 3.63) is 0 Å². The number of nitrogens with two attached hydrogens (primary N) is 1. The van der Waals surface area contributed by atoms with Crippen LogP contribution in [0.3, 0.4) is 0 Å². The molecule has 2 aliphatic rings. The van der Waals surface area contributed by atoms with Crippen molar-refractivity contribution in [1.29, 1.82) is 0 Å². The molecule has 20 heavy (non-hydrogen) atoms. The first-order valence-corrected chi connectivity index (χ1v) is 9.00. The number of hydrogen-bond acceptors (Lipinski definition) is 3. The van der Waals surface area contributed by atoms with E-state index in [1.54, 1.807) is 0 Å². The highest BCUT2D eigenvalue weighted by Gasteiger charge is 2.22. The van der Waals surface area contributed by atoms with Gasteiger partial charge in [-0.15, -0.1) is 0 Å². The van der Waals surface area contributed by atoms with E-state index in [4.69, 9.17) is 5.73 Å². The fraction of sp³-hybridized carbons (Fsp3) is 1.00. The van der Waals surface area contributed by atoms with Gasteiger partial charge in [0, 0.05) is 25.7 Å². The molecule has 1 aliphatic carbocycles. The first-order valence-electron chi connectivity index (χ1n) is 9.00. The molecule has 1 atom stereocenters. The highest BCUT2D eigenvalue weighted by molar-refractivity contribution is 4.78. The normalized spacial score (nSPS) is 25.5. The van der Waals surface area contributed by atoms with Crippen molar-refractivity contribution in [3.8, 4) is 0 Å². The zero-order valence-electron chi connectivity index (χ0n) is 13.5. The third-order valence-electron chi connectivity index (χ3n) is 5.35. The lowest BCUT2D eigenvalue weighted by Gasteiger charge is -2.31. The van der Waals surface area contributed by atoms with Gasteiger partial charge in [0.2, 0.25) is 0 Å². The van der Waals surface area contributed by atoms with Crippen LogP contribution >= 0.6 is 0 Å². The third kappa shape index (κ3) is 5.01. The molecule has 3 heteroatoms. The predicted molar refractivity (Wildman–Crippen MR) is 87.0 cm³/mol. The van der Waals surface area contributed by atoms with E-state index >= 15 is 0 Å². The van der Waals surface area contributed by atoms with Crippen LogP contribution in [0, 0.1) is 5.92 Å². The molecule has 1 saturated carbocycles. The van der Waals surface area contributed by atoms with E-state index in [0.29, 0.717) is 0 Å². The molecule has 0 aromatic heterocycles. The molecule has 0 amide bonds. The van der Waals surface area contributed by atoms with Crippen LogP contribution in [0.4, 0.5) is 0 Å². The summed E-state index contributed by atoms with van der Waals surface area (Å²) in [7, 11) is 0. The molecule has 0 spiro atoms. The van der Waals surface area contributed by atoms with E-state index in [1.165, 1.54) is 84.1 Å². The van der Waals surface area contributed by atoms with Gasteiger partial charge in [0.1, 0.15) is 0 Å². The molecule has 0 aromatic carbocycles. The summed E-state index contributed by atoms with van der Waals surface area (Å²) in [5.41, 5.74) is 5.76. The SMILES string of the molecule is CCC(CCN)N1CCCN(CC2CCCCC2)CC1. The fourth-order valence-electron chi connectivity index (χ4n) is 4.11. The molecule has 0 radical (unpaired) electrons. The Morgan fingerprint density at radius 2 is 1.80 bits per heavy atom. The average Bonchev–Trinajstić information content (AvgIpc) is 2.71. The van der Waals surface area contributed by atoms with E-state index in [0.717, 1.165) is 18.5 Å². The largest absolute Gasteiger partial charge is 0.330 e. The van der Waals surface area contributed by atoms with Crippen LogP contribution in [0.15, 0.2) is 0 Å². The summed E-state index contributed by atoms with van der Waals surface area (Å²) in [5, 5.41) is 0. The second-order valence-electron chi connectivity index (χ2n) is 6.83. The Morgan fingerprint density at radius 1 is 1.00 bits per heavy atom. The third-order valence-corrected chi connectivity index (χ3v) is 5.35. The first-order chi connectivity index (χ1) is 9.83. The standard InChI is InChI=1S/C17H35N3/c1-2-17(9-10-18)20-12-6-11-19(13-14-20)15-16-7-4-3-5-8-16/h16-17H,2-15,18H2,1H3. The summed E-state index contributed by atoms with van der Waals surface area (Å²) in [4.78, 5) is 5.44. The summed E-state index contributed by atoms with van der Waals surface area (Å²) in [6.45, 7) is 9.63. The topological polar surface area (TPSA) is 32.5 Å². The highest BCUT2D eigenvalue weighted by Crippen LogP contribution is 2.25. The van der Waals surface area contributed by atoms with Crippen LogP contribution < -0.4 is 5.73 Å². The molecule has 0 bridgehead atoms. The fourth-order valence-corrected chi connectivity index (χ4v) is 4.11. The van der Waals surface area contributed by atoms with E-state index in [9.17, 15) is 0 Å². The summed E-state index contributed by atoms with van der Waals surface area (Å²) in [6, 6.07) is 0.717. The van der Waals surface area contributed by atoms with Gasteiger partial charge in [0.15, 0.2) is 0 Å². The first kappa shape index (κ1) is 16.3. The van der Waals surface area contributed by atoms with Crippen molar-refractivity contribution < 1.29 is 0 Å². The zero-order chi connectivity index (χ0) is 14.2. The zero-order valence-corrected chi connectivity index (χ0v) is 13.5. The molecule has 1 aliphatic heterocycles. The minimum atomic E-state index is 0.717. The van der Waals surface area contributed by atoms with E-state index in [2.05, 4.69) is 16.7 Å². The molecule has 2 N–H and O–H groups in total. The van der Waals surface area contributed by atoms with Crippen molar-refractivity contribution >= 4 is 0 Å². The molecule has 118 valence electrons. The summed E-state index contributed by atoms with van der Waals surface area (Å²) in [5.74, 6) is 0.987. The number of nitrogens with zero attached hydrogens (tertiary/aromatic N) is 2. The Bertz CT molecular complexity index is 251. The lowest BCUT2D eigenvalue weighted by atomic mass is 9.89. The minimum absolute atomic E-state index is 0.717. The summed E-state index contributed by atoms with van der Waals surface area (Å²) in [6.07, 6.45) is 11.1. The Balaban J connectivity index is 1.76. The van der Waals surface area contributed by atoms with Crippen LogP contribution in [-0.2, 0) is 0 Å². The van der Waals surface area contributed by atoms with Crippen molar-refractivity contribution in [2.75, 3.05) is 39.3 Å². The summed E-state index contributed by atoms with van der Waals surface area (Å²) < 4.78 is 0. The van der Waals surface area contributed by atoms with Crippen LogP contribution in [0.5, 0.6) is 0 Å². The maximum absolute atomic E-state index is 5.76. The second kappa shape index (κ2) is 9.01. The molecule has 1 saturated heterocycles. The minimum Gasteiger partial charge on any atom is -0.330 e. The Labute approximate surface area is 125 Å². The Kier molecular flexibility index (Phi) is 7.32. The van der Waals surface area contributed by atoms with Gasteiger partial charge in [-0.2, -0.15) is 0 Å². The molecule has 3 nitrogen and oxygen atoms in total. The maximum atomic E-state index is 5.76. The van der Waals surface area contributed by atoms with Crippen molar-refractivity contribution in [3.63, 3.8) is 0 Å². The quantitative estimate of drug-likeness (QED) is 0.812. The van der Waals surface area contributed by atoms with Crippen molar-refractivity contribution in [1.82, 2.24) is 9.80 Å². The summed E-state index contributed by atoms with van der Waals surface area (Å²) >= 11 is 0. The van der Waals surface area contributed by atoms with Crippen LogP contribution in [0.25, 0.3) is 0 Å². The van der Waals surface area contributed by atoms with Gasteiger partial charge in [-0.25, -0.2) is 0 Å². The van der Waals surface area contributed by atoms with Gasteiger partial charge in [-0.1, -0.05) is 26.2 Å². The molecular formula is C17H35N3. The van der Waals surface area contributed by atoms with Crippen LogP contribution in [-0.4, -0.2) is 55.1 Å². The van der Waals surface area contributed by atoms with E-state index in [1.807, 2.05) is 0 Å². The molecule has 1 unspecified atom stereocenters. The lowest BCUT2D eigenvalue weighted by Crippen LogP contribution is -2.40. The molecule has 1 heterocycles. The molecule has 2 fully saturated rings. The smallest absolute Gasteiger partial charge is 0.0112 e. The van der Waals surface area contributed by atoms with Crippen molar-refractivity contribution in [2.24, 2.45) is 11.7 Å². The van der Waals surface area contributed by atoms with Crippen molar-refractivity contribution in [2.45, 2.75) is 64.3 Å². The van der Waals surface area contributed by atoms with E-state index < -0.39 is 0 Å². The Hall–Kier alpha value is -0.120. The monoisotopic (exact) mass is 281 g/mol. The molecule has 0 aromatic rings. The number of hydrogen-bond donors (Lipinski definition) is 1. The van der Waals surface area contributed by atoms with Crippen LogP contribution in [0.1, 0.15) is 58.3 Å². The van der Waals surface area contributed by atoms with Crippen LogP contribution in [0.2, 0.25) is 0 Å². The second-order valence-corrected chi connectivity index (χ2v) is 6.83. The highest BCUT2D eigenvalue weighted by atomic mass is 15.2. The number of rotatable bonds is 6. The van der Waals surface area contributed by atoms with Gasteiger partial charge in [0.25, 0.3) is 0 Å². The van der Waals surface area contributed by atoms with Gasteiger partial charge in [-0.3, -0.25) is 4.90 Å². The average molecular weight is 281 g/mol. The molecular weight excluding hydrogens is 246 g/mol. The maximum Gasteiger partial charge on any atom is 0.0112 e. The lowest BCUT2D eigenvalue weighted by molar-refractivity contribution is 0.174. The molecule has 2 rings (SSSR count). The van der Waals surface area contributed by atoms with E-state index in [-0.39, 0.29) is 0 Å².